The molecule has 1 unspecified atom stereocenters. The first-order chi connectivity index (χ1) is 11.3. The number of para-hydroxylation sites is 1. The minimum atomic E-state index is 0.511. The van der Waals surface area contributed by atoms with Gasteiger partial charge in [-0.1, -0.05) is 50.2 Å². The van der Waals surface area contributed by atoms with E-state index in [1.807, 2.05) is 30.3 Å². The van der Waals surface area contributed by atoms with Gasteiger partial charge >= 0.3 is 0 Å². The maximum atomic E-state index is 4.45. The second-order valence-electron chi connectivity index (χ2n) is 5.43. The van der Waals surface area contributed by atoms with Crippen LogP contribution in [0.3, 0.4) is 0 Å². The first kappa shape index (κ1) is 15.7. The zero-order valence-electron chi connectivity index (χ0n) is 13.4. The summed E-state index contributed by atoms with van der Waals surface area (Å²) in [6, 6.07) is 14.2. The molecule has 0 amide bonds. The summed E-state index contributed by atoms with van der Waals surface area (Å²) in [6.07, 6.45) is 5.90. The van der Waals surface area contributed by atoms with Crippen LogP contribution in [0.1, 0.15) is 26.7 Å². The van der Waals surface area contributed by atoms with Crippen molar-refractivity contribution in [2.45, 2.75) is 37.1 Å². The zero-order chi connectivity index (χ0) is 16.1. The summed E-state index contributed by atoms with van der Waals surface area (Å²) >= 11 is 1.78. The normalized spacial score (nSPS) is 12.3. The van der Waals surface area contributed by atoms with Crippen molar-refractivity contribution < 1.29 is 0 Å². The van der Waals surface area contributed by atoms with Gasteiger partial charge in [0.15, 0.2) is 11.0 Å². The van der Waals surface area contributed by atoms with E-state index in [0.717, 1.165) is 28.7 Å². The predicted molar refractivity (Wildman–Crippen MR) is 94.8 cm³/mol. The van der Waals surface area contributed by atoms with E-state index < -0.39 is 0 Å². The van der Waals surface area contributed by atoms with E-state index in [2.05, 4.69) is 45.7 Å². The van der Waals surface area contributed by atoms with E-state index in [0.29, 0.717) is 5.25 Å². The van der Waals surface area contributed by atoms with Crippen molar-refractivity contribution in [1.82, 2.24) is 19.7 Å². The molecule has 0 bridgehead atoms. The van der Waals surface area contributed by atoms with E-state index in [4.69, 9.17) is 0 Å². The fourth-order valence-electron chi connectivity index (χ4n) is 2.49. The fraction of sp³-hybridized carbons (Fsp3) is 0.278. The van der Waals surface area contributed by atoms with Gasteiger partial charge in [0.05, 0.1) is 0 Å². The van der Waals surface area contributed by atoms with Crippen molar-refractivity contribution in [3.05, 3.63) is 54.9 Å². The van der Waals surface area contributed by atoms with Crippen LogP contribution < -0.4 is 0 Å². The number of hydrogen-bond donors (Lipinski definition) is 0. The van der Waals surface area contributed by atoms with Gasteiger partial charge in [-0.2, -0.15) is 0 Å². The molecule has 2 aromatic heterocycles. The smallest absolute Gasteiger partial charge is 0.196 e. The number of aromatic nitrogens is 4. The third kappa shape index (κ3) is 3.62. The van der Waals surface area contributed by atoms with Crippen molar-refractivity contribution in [1.29, 1.82) is 0 Å². The lowest BCUT2D eigenvalue weighted by Crippen LogP contribution is -2.02. The van der Waals surface area contributed by atoms with Gasteiger partial charge in [0.25, 0.3) is 0 Å². The van der Waals surface area contributed by atoms with Crippen molar-refractivity contribution >= 4 is 11.8 Å². The number of nitrogens with zero attached hydrogens (tertiary/aromatic N) is 4. The van der Waals surface area contributed by atoms with Crippen LogP contribution in [-0.4, -0.2) is 25.0 Å². The number of rotatable bonds is 6. The molecule has 0 saturated heterocycles. The van der Waals surface area contributed by atoms with Crippen LogP contribution in [-0.2, 0) is 0 Å². The van der Waals surface area contributed by atoms with Crippen LogP contribution in [0.25, 0.3) is 17.1 Å². The Morgan fingerprint density at radius 2 is 1.78 bits per heavy atom. The highest BCUT2D eigenvalue weighted by atomic mass is 32.2. The summed E-state index contributed by atoms with van der Waals surface area (Å²) in [5, 5.41) is 10.3. The van der Waals surface area contributed by atoms with Crippen molar-refractivity contribution in [2.24, 2.45) is 0 Å². The zero-order valence-corrected chi connectivity index (χ0v) is 14.2. The average Bonchev–Trinajstić information content (AvgIpc) is 3.00. The Hall–Kier alpha value is -2.14. The topological polar surface area (TPSA) is 43.6 Å². The van der Waals surface area contributed by atoms with Crippen LogP contribution >= 0.6 is 11.8 Å². The summed E-state index contributed by atoms with van der Waals surface area (Å²) in [6.45, 7) is 4.45. The molecule has 0 saturated carbocycles. The fourth-order valence-corrected chi connectivity index (χ4v) is 3.59. The first-order valence-electron chi connectivity index (χ1n) is 7.87. The van der Waals surface area contributed by atoms with Crippen LogP contribution in [0.15, 0.2) is 60.0 Å². The van der Waals surface area contributed by atoms with Gasteiger partial charge in [-0.25, -0.2) is 0 Å². The second-order valence-corrected chi connectivity index (χ2v) is 6.84. The van der Waals surface area contributed by atoms with Crippen molar-refractivity contribution in [2.75, 3.05) is 0 Å². The second kappa shape index (κ2) is 7.42. The summed E-state index contributed by atoms with van der Waals surface area (Å²) in [5.41, 5.74) is 2.10. The molecular formula is C18H20N4S. The van der Waals surface area contributed by atoms with E-state index in [-0.39, 0.29) is 0 Å². The van der Waals surface area contributed by atoms with Gasteiger partial charge in [-0.05, 0) is 30.7 Å². The van der Waals surface area contributed by atoms with E-state index >= 15 is 0 Å². The third-order valence-corrected chi connectivity index (χ3v) is 4.70. The van der Waals surface area contributed by atoms with Crippen LogP contribution in [0.5, 0.6) is 0 Å². The van der Waals surface area contributed by atoms with Crippen LogP contribution in [0.4, 0.5) is 0 Å². The number of thioether (sulfide) groups is 1. The van der Waals surface area contributed by atoms with Gasteiger partial charge in [-0.15, -0.1) is 10.2 Å². The molecule has 0 aliphatic rings. The molecule has 118 valence electrons. The minimum absolute atomic E-state index is 0.511. The molecule has 2 heterocycles. The van der Waals surface area contributed by atoms with Gasteiger partial charge in [0.1, 0.15) is 0 Å². The SMILES string of the molecule is CCCC(C)Sc1nnc(-c2ccncc2)n1-c1ccccc1. The van der Waals surface area contributed by atoms with Crippen LogP contribution in [0, 0.1) is 0 Å². The lowest BCUT2D eigenvalue weighted by molar-refractivity contribution is 0.777. The Kier molecular flexibility index (Phi) is 5.08. The Balaban J connectivity index is 2.06. The van der Waals surface area contributed by atoms with Gasteiger partial charge in [-0.3, -0.25) is 9.55 Å². The molecule has 3 aromatic rings. The predicted octanol–water partition coefficient (Wildman–Crippen LogP) is 4.61. The largest absolute Gasteiger partial charge is 0.270 e. The Morgan fingerprint density at radius 3 is 2.48 bits per heavy atom. The molecule has 0 fully saturated rings. The van der Waals surface area contributed by atoms with E-state index in [1.54, 1.807) is 24.2 Å². The molecule has 0 aliphatic heterocycles. The lowest BCUT2D eigenvalue weighted by Gasteiger charge is -2.13. The molecule has 4 nitrogen and oxygen atoms in total. The Bertz CT molecular complexity index is 740. The highest BCUT2D eigenvalue weighted by Crippen LogP contribution is 2.31. The molecule has 0 N–H and O–H groups in total. The van der Waals surface area contributed by atoms with E-state index in [9.17, 15) is 0 Å². The summed E-state index contributed by atoms with van der Waals surface area (Å²) in [5.74, 6) is 0.852. The maximum Gasteiger partial charge on any atom is 0.196 e. The molecule has 1 aromatic carbocycles. The minimum Gasteiger partial charge on any atom is -0.270 e. The molecule has 5 heteroatoms. The molecule has 1 atom stereocenters. The maximum absolute atomic E-state index is 4.45. The average molecular weight is 324 g/mol. The molecule has 0 radical (unpaired) electrons. The molecule has 0 aliphatic carbocycles. The highest BCUT2D eigenvalue weighted by Gasteiger charge is 2.17. The van der Waals surface area contributed by atoms with Crippen molar-refractivity contribution in [3.63, 3.8) is 0 Å². The molecule has 3 rings (SSSR count). The monoisotopic (exact) mass is 324 g/mol. The van der Waals surface area contributed by atoms with Gasteiger partial charge in [0.2, 0.25) is 0 Å². The van der Waals surface area contributed by atoms with Gasteiger partial charge in [0, 0.05) is 28.9 Å². The number of pyridine rings is 1. The molecular weight excluding hydrogens is 304 g/mol. The number of benzene rings is 1. The molecule has 0 spiro atoms. The Labute approximate surface area is 141 Å². The summed E-state index contributed by atoms with van der Waals surface area (Å²) in [4.78, 5) is 4.09. The Morgan fingerprint density at radius 1 is 1.04 bits per heavy atom. The summed E-state index contributed by atoms with van der Waals surface area (Å²) < 4.78 is 2.13. The van der Waals surface area contributed by atoms with Crippen LogP contribution in [0.2, 0.25) is 0 Å². The van der Waals surface area contributed by atoms with Gasteiger partial charge < -0.3 is 0 Å². The lowest BCUT2D eigenvalue weighted by atomic mass is 10.2. The molecule has 23 heavy (non-hydrogen) atoms. The quantitative estimate of drug-likeness (QED) is 0.621. The third-order valence-electron chi connectivity index (χ3n) is 3.59. The van der Waals surface area contributed by atoms with Crippen molar-refractivity contribution in [3.8, 4) is 17.1 Å². The summed E-state index contributed by atoms with van der Waals surface area (Å²) in [7, 11) is 0. The standard InChI is InChI=1S/C18H20N4S/c1-3-7-14(2)23-18-21-20-17(15-10-12-19-13-11-15)22(18)16-8-5-4-6-9-16/h4-6,8-14H,3,7H2,1-2H3. The number of hydrogen-bond acceptors (Lipinski definition) is 4. The van der Waals surface area contributed by atoms with E-state index in [1.165, 1.54) is 6.42 Å². The first-order valence-corrected chi connectivity index (χ1v) is 8.75. The highest BCUT2D eigenvalue weighted by molar-refractivity contribution is 7.99.